The van der Waals surface area contributed by atoms with Gasteiger partial charge in [-0.05, 0) is 52.3 Å². The Labute approximate surface area is 132 Å². The van der Waals surface area contributed by atoms with Gasteiger partial charge in [0.05, 0.1) is 5.02 Å². The number of benzene rings is 1. The number of rotatable bonds is 5. The van der Waals surface area contributed by atoms with Gasteiger partial charge in [-0.3, -0.25) is 9.88 Å². The number of likely N-dealkylation sites (N-methyl/N-ethyl adjacent to an activating group) is 1. The number of pyridine rings is 1. The number of nitrogens with two attached hydrogens (primary N) is 1. The van der Waals surface area contributed by atoms with Gasteiger partial charge >= 0.3 is 0 Å². The van der Waals surface area contributed by atoms with Gasteiger partial charge in [-0.2, -0.15) is 0 Å². The Morgan fingerprint density at radius 2 is 2.20 bits per heavy atom. The van der Waals surface area contributed by atoms with Crippen LogP contribution in [-0.2, 0) is 6.54 Å². The fourth-order valence-electron chi connectivity index (χ4n) is 2.18. The van der Waals surface area contributed by atoms with Gasteiger partial charge in [0.2, 0.25) is 0 Å². The first-order valence-electron chi connectivity index (χ1n) is 6.36. The van der Waals surface area contributed by atoms with Crippen LogP contribution in [0.15, 0.2) is 47.2 Å². The Kier molecular flexibility index (Phi) is 5.54. The Hall–Kier alpha value is -0.940. The molecule has 1 heterocycles. The molecular formula is C15H17BrClN3. The van der Waals surface area contributed by atoms with Crippen LogP contribution in [0.4, 0.5) is 0 Å². The smallest absolute Gasteiger partial charge is 0.0551 e. The van der Waals surface area contributed by atoms with Crippen molar-refractivity contribution in [2.24, 2.45) is 5.73 Å². The molecule has 106 valence electrons. The van der Waals surface area contributed by atoms with Crippen molar-refractivity contribution in [1.82, 2.24) is 9.88 Å². The van der Waals surface area contributed by atoms with E-state index in [9.17, 15) is 0 Å². The van der Waals surface area contributed by atoms with Gasteiger partial charge in [0.25, 0.3) is 0 Å². The molecule has 0 saturated carbocycles. The zero-order valence-corrected chi connectivity index (χ0v) is 13.6. The summed E-state index contributed by atoms with van der Waals surface area (Å²) in [6.45, 7) is 1.33. The highest BCUT2D eigenvalue weighted by molar-refractivity contribution is 9.10. The second-order valence-electron chi connectivity index (χ2n) is 4.70. The molecule has 2 aromatic rings. The summed E-state index contributed by atoms with van der Waals surface area (Å²) in [5, 5.41) is 0.704. The van der Waals surface area contributed by atoms with Gasteiger partial charge in [-0.15, -0.1) is 0 Å². The van der Waals surface area contributed by atoms with E-state index in [0.717, 1.165) is 22.1 Å². The Balaban J connectivity index is 2.16. The summed E-state index contributed by atoms with van der Waals surface area (Å²) in [6, 6.07) is 10.1. The van der Waals surface area contributed by atoms with Gasteiger partial charge in [-0.1, -0.05) is 23.7 Å². The molecule has 1 atom stereocenters. The number of aromatic nitrogens is 1. The van der Waals surface area contributed by atoms with Crippen LogP contribution < -0.4 is 5.73 Å². The minimum Gasteiger partial charge on any atom is -0.329 e. The van der Waals surface area contributed by atoms with E-state index in [2.05, 4.69) is 38.9 Å². The molecule has 0 aliphatic carbocycles. The predicted molar refractivity (Wildman–Crippen MR) is 86.7 cm³/mol. The van der Waals surface area contributed by atoms with Gasteiger partial charge in [0.1, 0.15) is 0 Å². The van der Waals surface area contributed by atoms with Crippen LogP contribution >= 0.6 is 27.5 Å². The minimum absolute atomic E-state index is 0.126. The van der Waals surface area contributed by atoms with E-state index in [1.807, 2.05) is 30.5 Å². The molecule has 0 fully saturated rings. The summed E-state index contributed by atoms with van der Waals surface area (Å²) in [7, 11) is 2.06. The maximum absolute atomic E-state index is 6.16. The van der Waals surface area contributed by atoms with Crippen LogP contribution in [0.3, 0.4) is 0 Å². The van der Waals surface area contributed by atoms with Crippen LogP contribution in [0.1, 0.15) is 17.2 Å². The van der Waals surface area contributed by atoms with Crippen molar-refractivity contribution in [1.29, 1.82) is 0 Å². The van der Waals surface area contributed by atoms with E-state index in [1.165, 1.54) is 0 Å². The maximum atomic E-state index is 6.16. The summed E-state index contributed by atoms with van der Waals surface area (Å²) >= 11 is 9.57. The molecule has 2 N–H and O–H groups in total. The lowest BCUT2D eigenvalue weighted by Gasteiger charge is -2.27. The topological polar surface area (TPSA) is 42.2 Å². The molecule has 20 heavy (non-hydrogen) atoms. The first-order chi connectivity index (χ1) is 9.61. The average Bonchev–Trinajstić information content (AvgIpc) is 2.44. The Morgan fingerprint density at radius 3 is 2.80 bits per heavy atom. The SMILES string of the molecule is CN(Cc1cccnc1)C(CN)c1ccc(Br)c(Cl)c1. The zero-order valence-electron chi connectivity index (χ0n) is 11.3. The molecule has 1 aromatic heterocycles. The van der Waals surface area contributed by atoms with E-state index >= 15 is 0 Å². The van der Waals surface area contributed by atoms with Crippen LogP contribution in [0.5, 0.6) is 0 Å². The fraction of sp³-hybridized carbons (Fsp3) is 0.267. The molecule has 0 bridgehead atoms. The molecule has 0 saturated heterocycles. The molecule has 3 nitrogen and oxygen atoms in total. The van der Waals surface area contributed by atoms with Crippen molar-refractivity contribution < 1.29 is 0 Å². The lowest BCUT2D eigenvalue weighted by atomic mass is 10.1. The summed E-state index contributed by atoms with van der Waals surface area (Å²) in [4.78, 5) is 6.34. The summed E-state index contributed by atoms with van der Waals surface area (Å²) in [5.74, 6) is 0. The highest BCUT2D eigenvalue weighted by Gasteiger charge is 2.16. The summed E-state index contributed by atoms with van der Waals surface area (Å²) in [6.07, 6.45) is 3.65. The van der Waals surface area contributed by atoms with Crippen LogP contribution in [-0.4, -0.2) is 23.5 Å². The third kappa shape index (κ3) is 3.79. The number of halogens is 2. The van der Waals surface area contributed by atoms with Gasteiger partial charge in [-0.25, -0.2) is 0 Å². The first kappa shape index (κ1) is 15.4. The second kappa shape index (κ2) is 7.18. The Morgan fingerprint density at radius 1 is 1.40 bits per heavy atom. The lowest BCUT2D eigenvalue weighted by molar-refractivity contribution is 0.241. The van der Waals surface area contributed by atoms with Gasteiger partial charge < -0.3 is 5.73 Å². The maximum Gasteiger partial charge on any atom is 0.0551 e. The molecule has 1 aromatic carbocycles. The van der Waals surface area contributed by atoms with E-state index in [1.54, 1.807) is 6.20 Å². The molecule has 0 spiro atoms. The third-order valence-electron chi connectivity index (χ3n) is 3.24. The summed E-state index contributed by atoms with van der Waals surface area (Å²) in [5.41, 5.74) is 8.22. The van der Waals surface area contributed by atoms with Crippen molar-refractivity contribution in [3.05, 3.63) is 63.3 Å². The highest BCUT2D eigenvalue weighted by Crippen LogP contribution is 2.28. The largest absolute Gasteiger partial charge is 0.329 e. The van der Waals surface area contributed by atoms with E-state index in [0.29, 0.717) is 11.6 Å². The summed E-state index contributed by atoms with van der Waals surface area (Å²) < 4.78 is 0.897. The Bertz CT molecular complexity index is 562. The van der Waals surface area contributed by atoms with Crippen molar-refractivity contribution >= 4 is 27.5 Å². The monoisotopic (exact) mass is 353 g/mol. The number of hydrogen-bond acceptors (Lipinski definition) is 3. The molecule has 2 rings (SSSR count). The number of hydrogen-bond donors (Lipinski definition) is 1. The minimum atomic E-state index is 0.126. The third-order valence-corrected chi connectivity index (χ3v) is 4.47. The molecule has 0 aliphatic rings. The van der Waals surface area contributed by atoms with E-state index in [-0.39, 0.29) is 6.04 Å². The van der Waals surface area contributed by atoms with Crippen molar-refractivity contribution in [2.45, 2.75) is 12.6 Å². The zero-order chi connectivity index (χ0) is 14.5. The molecule has 5 heteroatoms. The first-order valence-corrected chi connectivity index (χ1v) is 7.53. The normalized spacial score (nSPS) is 12.7. The number of nitrogens with zero attached hydrogens (tertiary/aromatic N) is 2. The van der Waals surface area contributed by atoms with Crippen LogP contribution in [0.2, 0.25) is 5.02 Å². The lowest BCUT2D eigenvalue weighted by Crippen LogP contribution is -2.30. The molecule has 0 amide bonds. The van der Waals surface area contributed by atoms with Crippen molar-refractivity contribution in [3.63, 3.8) is 0 Å². The van der Waals surface area contributed by atoms with E-state index in [4.69, 9.17) is 17.3 Å². The van der Waals surface area contributed by atoms with E-state index < -0.39 is 0 Å². The second-order valence-corrected chi connectivity index (χ2v) is 5.96. The van der Waals surface area contributed by atoms with Crippen LogP contribution in [0, 0.1) is 0 Å². The highest BCUT2D eigenvalue weighted by atomic mass is 79.9. The van der Waals surface area contributed by atoms with Crippen molar-refractivity contribution in [2.75, 3.05) is 13.6 Å². The van der Waals surface area contributed by atoms with Gasteiger partial charge in [0.15, 0.2) is 0 Å². The predicted octanol–water partition coefficient (Wildman–Crippen LogP) is 3.63. The molecule has 0 aliphatic heterocycles. The van der Waals surface area contributed by atoms with Gasteiger partial charge in [0, 0.05) is 36.0 Å². The molecular weight excluding hydrogens is 338 g/mol. The standard InChI is InChI=1S/C15H17BrClN3/c1-20(10-11-3-2-6-19-9-11)15(8-18)12-4-5-13(16)14(17)7-12/h2-7,9,15H,8,10,18H2,1H3. The quantitative estimate of drug-likeness (QED) is 0.891. The fourth-order valence-corrected chi connectivity index (χ4v) is 2.62. The van der Waals surface area contributed by atoms with Crippen molar-refractivity contribution in [3.8, 4) is 0 Å². The average molecular weight is 355 g/mol. The van der Waals surface area contributed by atoms with Crippen LogP contribution in [0.25, 0.3) is 0 Å². The molecule has 1 unspecified atom stereocenters. The molecule has 0 radical (unpaired) electrons.